The van der Waals surface area contributed by atoms with E-state index in [-0.39, 0.29) is 24.5 Å². The molecule has 9 heteroatoms. The third kappa shape index (κ3) is 5.38. The lowest BCUT2D eigenvalue weighted by Gasteiger charge is -2.09. The molecule has 150 valence electrons. The lowest BCUT2D eigenvalue weighted by atomic mass is 10.2. The third-order valence-corrected chi connectivity index (χ3v) is 4.17. The number of halogens is 1. The van der Waals surface area contributed by atoms with Crippen LogP contribution in [0.3, 0.4) is 0 Å². The number of hydrogen-bond acceptors (Lipinski definition) is 4. The van der Waals surface area contributed by atoms with Crippen molar-refractivity contribution in [3.63, 3.8) is 0 Å². The molecule has 0 aliphatic carbocycles. The van der Waals surface area contributed by atoms with Crippen LogP contribution in [-0.4, -0.2) is 26.2 Å². The maximum atomic E-state index is 12.9. The van der Waals surface area contributed by atoms with Gasteiger partial charge in [-0.05, 0) is 30.7 Å². The molecule has 0 spiro atoms. The topological polar surface area (TPSA) is 98.0 Å². The van der Waals surface area contributed by atoms with Crippen molar-refractivity contribution in [2.45, 2.75) is 26.6 Å². The average Bonchev–Trinajstić information content (AvgIpc) is 3.16. The summed E-state index contributed by atoms with van der Waals surface area (Å²) in [5.74, 6) is -0.808. The molecule has 0 saturated heterocycles. The van der Waals surface area contributed by atoms with Crippen LogP contribution in [0.2, 0.25) is 0 Å². The molecule has 0 aliphatic heterocycles. The molecular formula is C20H20FN5O3. The first-order valence-corrected chi connectivity index (χ1v) is 9.01. The van der Waals surface area contributed by atoms with Gasteiger partial charge in [0, 0.05) is 37.6 Å². The molecule has 0 unspecified atom stereocenters. The van der Waals surface area contributed by atoms with Crippen LogP contribution in [0, 0.1) is 5.82 Å². The summed E-state index contributed by atoms with van der Waals surface area (Å²) < 4.78 is 15.7. The number of hydrogen-bond donors (Lipinski definition) is 2. The minimum atomic E-state index is -0.438. The summed E-state index contributed by atoms with van der Waals surface area (Å²) in [6.07, 6.45) is 3.06. The number of benzene rings is 1. The highest BCUT2D eigenvalue weighted by Gasteiger charge is 2.11. The molecule has 29 heavy (non-hydrogen) atoms. The molecule has 0 radical (unpaired) electrons. The van der Waals surface area contributed by atoms with Crippen molar-refractivity contribution in [1.29, 1.82) is 0 Å². The molecule has 2 N–H and O–H groups in total. The minimum Gasteiger partial charge on any atom is -0.350 e. The maximum Gasteiger partial charge on any atom is 0.258 e. The Morgan fingerprint density at radius 3 is 2.55 bits per heavy atom. The van der Waals surface area contributed by atoms with Gasteiger partial charge in [0.15, 0.2) is 5.82 Å². The van der Waals surface area contributed by atoms with Crippen molar-refractivity contribution in [1.82, 2.24) is 19.7 Å². The van der Waals surface area contributed by atoms with Gasteiger partial charge in [0.1, 0.15) is 12.4 Å². The Bertz CT molecular complexity index is 1070. The fourth-order valence-electron chi connectivity index (χ4n) is 2.60. The van der Waals surface area contributed by atoms with Crippen LogP contribution >= 0.6 is 0 Å². The summed E-state index contributed by atoms with van der Waals surface area (Å²) in [7, 11) is 0. The predicted octanol–water partition coefficient (Wildman–Crippen LogP) is 1.77. The van der Waals surface area contributed by atoms with E-state index in [4.69, 9.17) is 0 Å². The quantitative estimate of drug-likeness (QED) is 0.635. The van der Waals surface area contributed by atoms with Crippen LogP contribution in [0.25, 0.3) is 0 Å². The van der Waals surface area contributed by atoms with Crippen LogP contribution in [0.15, 0.2) is 59.7 Å². The van der Waals surface area contributed by atoms with E-state index in [2.05, 4.69) is 15.7 Å². The fraction of sp³-hybridized carbons (Fsp3) is 0.200. The second kappa shape index (κ2) is 8.96. The lowest BCUT2D eigenvalue weighted by Crippen LogP contribution is -2.32. The Balaban J connectivity index is 1.63. The van der Waals surface area contributed by atoms with Gasteiger partial charge >= 0.3 is 0 Å². The van der Waals surface area contributed by atoms with Gasteiger partial charge in [-0.1, -0.05) is 12.1 Å². The maximum absolute atomic E-state index is 12.9. The third-order valence-electron chi connectivity index (χ3n) is 4.17. The van der Waals surface area contributed by atoms with E-state index in [1.165, 1.54) is 30.5 Å². The van der Waals surface area contributed by atoms with Crippen molar-refractivity contribution in [2.24, 2.45) is 0 Å². The standard InChI is InChI=1S/C20H20FN5O3/c1-2-26-10-9-17(24-26)23-20(29)15-5-8-19(28)25(12-15)13-18(27)22-11-14-3-6-16(21)7-4-14/h3-10,12H,2,11,13H2,1H3,(H,22,27)(H,23,24,29). The van der Waals surface area contributed by atoms with Crippen LogP contribution < -0.4 is 16.2 Å². The van der Waals surface area contributed by atoms with Crippen molar-refractivity contribution in [3.05, 3.63) is 82.2 Å². The van der Waals surface area contributed by atoms with Gasteiger partial charge in [-0.25, -0.2) is 4.39 Å². The van der Waals surface area contributed by atoms with Crippen LogP contribution in [0.1, 0.15) is 22.8 Å². The first-order valence-electron chi connectivity index (χ1n) is 9.01. The number of amides is 2. The molecule has 0 fully saturated rings. The van der Waals surface area contributed by atoms with Crippen molar-refractivity contribution in [2.75, 3.05) is 5.32 Å². The molecule has 2 aromatic heterocycles. The van der Waals surface area contributed by atoms with Gasteiger partial charge in [0.25, 0.3) is 11.5 Å². The number of aromatic nitrogens is 3. The molecule has 0 aliphatic rings. The van der Waals surface area contributed by atoms with Gasteiger partial charge in [0.05, 0.1) is 5.56 Å². The van der Waals surface area contributed by atoms with Crippen molar-refractivity contribution in [3.8, 4) is 0 Å². The summed E-state index contributed by atoms with van der Waals surface area (Å²) in [5, 5.41) is 9.47. The second-order valence-electron chi connectivity index (χ2n) is 6.30. The fourth-order valence-corrected chi connectivity index (χ4v) is 2.60. The largest absolute Gasteiger partial charge is 0.350 e. The van der Waals surface area contributed by atoms with Gasteiger partial charge in [0.2, 0.25) is 5.91 Å². The lowest BCUT2D eigenvalue weighted by molar-refractivity contribution is -0.121. The smallest absolute Gasteiger partial charge is 0.258 e. The molecule has 3 aromatic rings. The van der Waals surface area contributed by atoms with E-state index in [1.807, 2.05) is 6.92 Å². The van der Waals surface area contributed by atoms with Crippen LogP contribution in [0.4, 0.5) is 10.2 Å². The van der Waals surface area contributed by atoms with Gasteiger partial charge in [-0.3, -0.25) is 19.1 Å². The van der Waals surface area contributed by atoms with E-state index in [9.17, 15) is 18.8 Å². The predicted molar refractivity (Wildman–Crippen MR) is 105 cm³/mol. The highest BCUT2D eigenvalue weighted by molar-refractivity contribution is 6.03. The number of nitrogens with one attached hydrogen (secondary N) is 2. The second-order valence-corrected chi connectivity index (χ2v) is 6.30. The number of aryl methyl sites for hydroxylation is 1. The summed E-state index contributed by atoms with van der Waals surface area (Å²) in [6.45, 7) is 2.56. The first kappa shape index (κ1) is 20.0. The molecule has 8 nitrogen and oxygen atoms in total. The molecule has 0 saturated carbocycles. The summed E-state index contributed by atoms with van der Waals surface area (Å²) in [5.41, 5.74) is 0.544. The Kier molecular flexibility index (Phi) is 6.18. The van der Waals surface area contributed by atoms with Gasteiger partial charge in [-0.15, -0.1) is 0 Å². The van der Waals surface area contributed by atoms with Crippen molar-refractivity contribution >= 4 is 17.6 Å². The van der Waals surface area contributed by atoms with E-state index < -0.39 is 17.4 Å². The van der Waals surface area contributed by atoms with Crippen molar-refractivity contribution < 1.29 is 14.0 Å². The zero-order valence-corrected chi connectivity index (χ0v) is 15.8. The van der Waals surface area contributed by atoms with E-state index in [0.717, 1.165) is 10.1 Å². The molecule has 2 heterocycles. The number of anilines is 1. The number of rotatable bonds is 7. The zero-order valence-electron chi connectivity index (χ0n) is 15.8. The minimum absolute atomic E-state index is 0.203. The monoisotopic (exact) mass is 397 g/mol. The number of nitrogens with zero attached hydrogens (tertiary/aromatic N) is 3. The van der Waals surface area contributed by atoms with E-state index in [0.29, 0.717) is 12.4 Å². The Morgan fingerprint density at radius 1 is 1.10 bits per heavy atom. The normalized spacial score (nSPS) is 10.6. The zero-order chi connectivity index (χ0) is 20.8. The molecule has 1 aromatic carbocycles. The van der Waals surface area contributed by atoms with E-state index >= 15 is 0 Å². The SMILES string of the molecule is CCn1ccc(NC(=O)c2ccc(=O)n(CC(=O)NCc3ccc(F)cc3)c2)n1. The molecule has 0 bridgehead atoms. The molecule has 0 atom stereocenters. The molecule has 3 rings (SSSR count). The number of carbonyl (C=O) groups excluding carboxylic acids is 2. The summed E-state index contributed by atoms with van der Waals surface area (Å²) >= 11 is 0. The summed E-state index contributed by atoms with van der Waals surface area (Å²) in [6, 6.07) is 10.0. The molecule has 2 amide bonds. The van der Waals surface area contributed by atoms with Gasteiger partial charge < -0.3 is 15.2 Å². The number of carbonyl (C=O) groups is 2. The Labute approximate surface area is 166 Å². The average molecular weight is 397 g/mol. The highest BCUT2D eigenvalue weighted by Crippen LogP contribution is 2.06. The first-order chi connectivity index (χ1) is 13.9. The number of pyridine rings is 1. The highest BCUT2D eigenvalue weighted by atomic mass is 19.1. The molecular weight excluding hydrogens is 377 g/mol. The van der Waals surface area contributed by atoms with Crippen LogP contribution in [-0.2, 0) is 24.4 Å². The van der Waals surface area contributed by atoms with Gasteiger partial charge in [-0.2, -0.15) is 5.10 Å². The summed E-state index contributed by atoms with van der Waals surface area (Å²) in [4.78, 5) is 36.6. The Hall–Kier alpha value is -3.75. The van der Waals surface area contributed by atoms with E-state index in [1.54, 1.807) is 29.1 Å². The van der Waals surface area contributed by atoms with Crippen LogP contribution in [0.5, 0.6) is 0 Å². The Morgan fingerprint density at radius 2 is 1.86 bits per heavy atom.